The number of aromatic amines is 1. The van der Waals surface area contributed by atoms with Crippen molar-refractivity contribution in [2.24, 2.45) is 11.7 Å². The molecule has 0 bridgehead atoms. The number of aliphatic carboxylic acids is 1. The first-order valence-corrected chi connectivity index (χ1v) is 12.7. The molecule has 3 rings (SSSR count). The van der Waals surface area contributed by atoms with Crippen molar-refractivity contribution in [2.75, 3.05) is 6.54 Å². The highest BCUT2D eigenvalue weighted by molar-refractivity contribution is 5.93. The van der Waals surface area contributed by atoms with Gasteiger partial charge in [-0.1, -0.05) is 44.2 Å². The molecule has 11 nitrogen and oxygen atoms in total. The molecule has 208 valence electrons. The maximum atomic E-state index is 13.1. The molecule has 0 aliphatic rings. The van der Waals surface area contributed by atoms with Crippen LogP contribution in [0.5, 0.6) is 5.75 Å². The van der Waals surface area contributed by atoms with Crippen LogP contribution in [0.1, 0.15) is 31.4 Å². The lowest BCUT2D eigenvalue weighted by Gasteiger charge is -2.23. The number of para-hydroxylation sites is 1. The van der Waals surface area contributed by atoms with Crippen molar-refractivity contribution in [3.05, 3.63) is 65.9 Å². The van der Waals surface area contributed by atoms with E-state index >= 15 is 0 Å². The number of nitrogens with two attached hydrogens (primary N) is 1. The fourth-order valence-corrected chi connectivity index (χ4v) is 4.22. The number of carbonyl (C=O) groups excluding carboxylic acids is 3. The van der Waals surface area contributed by atoms with E-state index in [1.807, 2.05) is 38.1 Å². The standard InChI is InChI=1S/C28H35N5O6/c1-16(2)11-23(32-25(35)15-31-26(36)21(29)12-17-7-9-19(34)10-8-17)27(37)33-24(28(38)39)13-18-14-30-22-6-4-3-5-20(18)22/h3-10,14,16,21,23-24,30,34H,11-13,15,29H2,1-2H3,(H,31,36)(H,32,35)(H,33,37)(H,38,39). The Morgan fingerprint density at radius 2 is 1.62 bits per heavy atom. The van der Waals surface area contributed by atoms with Crippen LogP contribution < -0.4 is 21.7 Å². The molecule has 2 aromatic carbocycles. The molecule has 0 saturated heterocycles. The van der Waals surface area contributed by atoms with Gasteiger partial charge in [0.05, 0.1) is 12.6 Å². The first-order valence-electron chi connectivity index (χ1n) is 12.7. The molecular weight excluding hydrogens is 502 g/mol. The molecule has 39 heavy (non-hydrogen) atoms. The molecule has 0 aliphatic heterocycles. The number of fused-ring (bicyclic) bond motifs is 1. The van der Waals surface area contributed by atoms with Gasteiger partial charge in [0.15, 0.2) is 0 Å². The van der Waals surface area contributed by atoms with E-state index in [0.717, 1.165) is 22.0 Å². The summed E-state index contributed by atoms with van der Waals surface area (Å²) in [6.45, 7) is 3.34. The number of nitrogens with one attached hydrogen (secondary N) is 4. The van der Waals surface area contributed by atoms with E-state index < -0.39 is 48.4 Å². The third-order valence-electron chi connectivity index (χ3n) is 6.22. The van der Waals surface area contributed by atoms with Crippen molar-refractivity contribution in [1.82, 2.24) is 20.9 Å². The number of aromatic hydroxyl groups is 1. The van der Waals surface area contributed by atoms with Gasteiger partial charge in [-0.25, -0.2) is 4.79 Å². The zero-order valence-electron chi connectivity index (χ0n) is 21.9. The summed E-state index contributed by atoms with van der Waals surface area (Å²) in [5.74, 6) is -2.86. The Balaban J connectivity index is 1.57. The molecule has 3 aromatic rings. The second-order valence-electron chi connectivity index (χ2n) is 9.91. The Morgan fingerprint density at radius 3 is 2.28 bits per heavy atom. The normalized spacial score (nSPS) is 13.4. The molecule has 11 heteroatoms. The Labute approximate surface area is 226 Å². The van der Waals surface area contributed by atoms with Crippen molar-refractivity contribution >= 4 is 34.6 Å². The van der Waals surface area contributed by atoms with Gasteiger partial charge in [-0.3, -0.25) is 14.4 Å². The fraction of sp³-hybridized carbons (Fsp3) is 0.357. The second-order valence-corrected chi connectivity index (χ2v) is 9.91. The number of rotatable bonds is 13. The van der Waals surface area contributed by atoms with E-state index in [-0.39, 0.29) is 30.9 Å². The summed E-state index contributed by atoms with van der Waals surface area (Å²) in [5.41, 5.74) is 8.28. The van der Waals surface area contributed by atoms with Gasteiger partial charge in [-0.15, -0.1) is 0 Å². The lowest BCUT2D eigenvalue weighted by Crippen LogP contribution is -2.54. The minimum absolute atomic E-state index is 0.0197. The highest BCUT2D eigenvalue weighted by Crippen LogP contribution is 2.19. The predicted octanol–water partition coefficient (Wildman–Crippen LogP) is 1.20. The van der Waals surface area contributed by atoms with E-state index in [1.165, 1.54) is 12.1 Å². The van der Waals surface area contributed by atoms with E-state index in [0.29, 0.717) is 0 Å². The number of hydrogen-bond acceptors (Lipinski definition) is 6. The fourth-order valence-electron chi connectivity index (χ4n) is 4.22. The number of phenols is 1. The van der Waals surface area contributed by atoms with Crippen LogP contribution >= 0.6 is 0 Å². The van der Waals surface area contributed by atoms with Gasteiger partial charge in [-0.05, 0) is 48.1 Å². The lowest BCUT2D eigenvalue weighted by atomic mass is 10.0. The molecule has 3 amide bonds. The lowest BCUT2D eigenvalue weighted by molar-refractivity contribution is -0.142. The molecule has 0 radical (unpaired) electrons. The molecule has 8 N–H and O–H groups in total. The quantitative estimate of drug-likeness (QED) is 0.171. The minimum atomic E-state index is -1.21. The topological polar surface area (TPSA) is 187 Å². The summed E-state index contributed by atoms with van der Waals surface area (Å²) in [6, 6.07) is 10.6. The summed E-state index contributed by atoms with van der Waals surface area (Å²) in [6.07, 6.45) is 2.25. The number of aromatic nitrogens is 1. The van der Waals surface area contributed by atoms with Gasteiger partial charge in [0, 0.05) is 23.5 Å². The molecule has 0 spiro atoms. The van der Waals surface area contributed by atoms with Gasteiger partial charge in [0.1, 0.15) is 17.8 Å². The van der Waals surface area contributed by atoms with Crippen molar-refractivity contribution in [3.63, 3.8) is 0 Å². The maximum Gasteiger partial charge on any atom is 0.326 e. The van der Waals surface area contributed by atoms with E-state index in [2.05, 4.69) is 20.9 Å². The van der Waals surface area contributed by atoms with Crippen molar-refractivity contribution in [2.45, 2.75) is 51.2 Å². The minimum Gasteiger partial charge on any atom is -0.508 e. The number of H-pyrrole nitrogens is 1. The van der Waals surface area contributed by atoms with Gasteiger partial charge < -0.3 is 36.9 Å². The van der Waals surface area contributed by atoms with E-state index in [9.17, 15) is 29.4 Å². The van der Waals surface area contributed by atoms with E-state index in [4.69, 9.17) is 5.73 Å². The molecule has 1 heterocycles. The smallest absolute Gasteiger partial charge is 0.326 e. The Morgan fingerprint density at radius 1 is 0.923 bits per heavy atom. The maximum absolute atomic E-state index is 13.1. The number of benzene rings is 2. The molecular formula is C28H35N5O6. The highest BCUT2D eigenvalue weighted by Gasteiger charge is 2.28. The van der Waals surface area contributed by atoms with Gasteiger partial charge in [0.2, 0.25) is 17.7 Å². The van der Waals surface area contributed by atoms with Crippen molar-refractivity contribution < 1.29 is 29.4 Å². The third kappa shape index (κ3) is 8.57. The summed E-state index contributed by atoms with van der Waals surface area (Å²) in [7, 11) is 0. The zero-order valence-corrected chi connectivity index (χ0v) is 21.9. The Kier molecular flexibility index (Phi) is 10.0. The van der Waals surface area contributed by atoms with Gasteiger partial charge >= 0.3 is 5.97 Å². The monoisotopic (exact) mass is 537 g/mol. The molecule has 0 fully saturated rings. The Hall–Kier alpha value is -4.38. The number of carboxylic acid groups (broad SMARTS) is 1. The summed E-state index contributed by atoms with van der Waals surface area (Å²) in [5, 5.41) is 27.6. The molecule has 0 saturated carbocycles. The molecule has 3 atom stereocenters. The highest BCUT2D eigenvalue weighted by atomic mass is 16.4. The van der Waals surface area contributed by atoms with Crippen LogP contribution in [0.15, 0.2) is 54.7 Å². The first kappa shape index (κ1) is 29.2. The van der Waals surface area contributed by atoms with Crippen LogP contribution in [0.2, 0.25) is 0 Å². The molecule has 0 aliphatic carbocycles. The van der Waals surface area contributed by atoms with Crippen LogP contribution in [0, 0.1) is 5.92 Å². The second kappa shape index (κ2) is 13.4. The van der Waals surface area contributed by atoms with Crippen LogP contribution in [0.4, 0.5) is 0 Å². The number of carboxylic acids is 1. The zero-order chi connectivity index (χ0) is 28.5. The number of phenolic OH excluding ortho intramolecular Hbond substituents is 1. The average Bonchev–Trinajstić information content (AvgIpc) is 3.30. The van der Waals surface area contributed by atoms with Crippen LogP contribution in [0.25, 0.3) is 10.9 Å². The SMILES string of the molecule is CC(C)CC(NC(=O)CNC(=O)C(N)Cc1ccc(O)cc1)C(=O)NC(Cc1c[nH]c2ccccc12)C(=O)O. The molecule has 1 aromatic heterocycles. The number of hydrogen-bond donors (Lipinski definition) is 7. The van der Waals surface area contributed by atoms with Crippen LogP contribution in [-0.2, 0) is 32.0 Å². The summed E-state index contributed by atoms with van der Waals surface area (Å²) in [4.78, 5) is 53.1. The Bertz CT molecular complexity index is 1300. The van der Waals surface area contributed by atoms with Gasteiger partial charge in [-0.2, -0.15) is 0 Å². The van der Waals surface area contributed by atoms with Crippen LogP contribution in [0.3, 0.4) is 0 Å². The van der Waals surface area contributed by atoms with Gasteiger partial charge in [0.25, 0.3) is 0 Å². The number of carbonyl (C=O) groups is 4. The average molecular weight is 538 g/mol. The number of amides is 3. The predicted molar refractivity (Wildman–Crippen MR) is 146 cm³/mol. The van der Waals surface area contributed by atoms with Crippen LogP contribution in [-0.4, -0.2) is 63.6 Å². The first-order chi connectivity index (χ1) is 18.5. The molecule has 3 unspecified atom stereocenters. The third-order valence-corrected chi connectivity index (χ3v) is 6.22. The van der Waals surface area contributed by atoms with E-state index in [1.54, 1.807) is 18.3 Å². The summed E-state index contributed by atoms with van der Waals surface area (Å²) < 4.78 is 0. The summed E-state index contributed by atoms with van der Waals surface area (Å²) >= 11 is 0. The van der Waals surface area contributed by atoms with Crippen molar-refractivity contribution in [3.8, 4) is 5.75 Å². The van der Waals surface area contributed by atoms with Crippen molar-refractivity contribution in [1.29, 1.82) is 0 Å². The largest absolute Gasteiger partial charge is 0.508 e.